The second-order valence-electron chi connectivity index (χ2n) is 7.17. The molecule has 0 unspecified atom stereocenters. The molecule has 9 heteroatoms. The van der Waals surface area contributed by atoms with E-state index in [0.29, 0.717) is 52.1 Å². The van der Waals surface area contributed by atoms with Crippen molar-refractivity contribution in [3.63, 3.8) is 0 Å². The Bertz CT molecular complexity index is 1250. The molecule has 2 aromatic heterocycles. The summed E-state index contributed by atoms with van der Waals surface area (Å²) in [7, 11) is 1.58. The van der Waals surface area contributed by atoms with E-state index in [1.54, 1.807) is 60.9 Å². The van der Waals surface area contributed by atoms with Crippen LogP contribution in [0.1, 0.15) is 34.1 Å². The van der Waals surface area contributed by atoms with Crippen molar-refractivity contribution in [1.29, 1.82) is 0 Å². The van der Waals surface area contributed by atoms with E-state index in [4.69, 9.17) is 21.3 Å². The SMILES string of the molecule is COc1ccc(Cl)c2sc(N(CCCn3ccnc3)C(=O)c3ccc(C(C)=O)cc3)nc12. The fourth-order valence-corrected chi connectivity index (χ4v) is 4.62. The largest absolute Gasteiger partial charge is 0.494 e. The molecule has 4 aromatic rings. The molecular formula is C23H21ClN4O3S. The zero-order valence-electron chi connectivity index (χ0n) is 17.6. The molecule has 4 rings (SSSR count). The average Bonchev–Trinajstić information content (AvgIpc) is 3.47. The molecule has 164 valence electrons. The van der Waals surface area contributed by atoms with Crippen LogP contribution in [0.5, 0.6) is 5.75 Å². The van der Waals surface area contributed by atoms with Gasteiger partial charge in [0.25, 0.3) is 5.91 Å². The number of fused-ring (bicyclic) bond motifs is 1. The number of aromatic nitrogens is 3. The Labute approximate surface area is 194 Å². The lowest BCUT2D eigenvalue weighted by molar-refractivity contribution is 0.0982. The van der Waals surface area contributed by atoms with Crippen LogP contribution in [-0.2, 0) is 6.54 Å². The monoisotopic (exact) mass is 468 g/mol. The lowest BCUT2D eigenvalue weighted by Crippen LogP contribution is -2.32. The standard InChI is InChI=1S/C23H21ClN4O3S/c1-15(29)16-4-6-17(7-5-16)22(30)28(12-3-11-27-13-10-25-14-27)23-26-20-19(31-2)9-8-18(24)21(20)32-23/h4-10,13-14H,3,11-12H2,1-2H3. The van der Waals surface area contributed by atoms with Crippen molar-refractivity contribution in [2.75, 3.05) is 18.6 Å². The number of benzene rings is 2. The summed E-state index contributed by atoms with van der Waals surface area (Å²) < 4.78 is 8.15. The first kappa shape index (κ1) is 22.0. The van der Waals surface area contributed by atoms with E-state index >= 15 is 0 Å². The molecule has 0 radical (unpaired) electrons. The Morgan fingerprint density at radius 1 is 1.16 bits per heavy atom. The number of halogens is 1. The van der Waals surface area contributed by atoms with Gasteiger partial charge in [-0.3, -0.25) is 14.5 Å². The highest BCUT2D eigenvalue weighted by molar-refractivity contribution is 7.23. The molecule has 0 N–H and O–H groups in total. The van der Waals surface area contributed by atoms with E-state index in [1.165, 1.54) is 18.3 Å². The van der Waals surface area contributed by atoms with Gasteiger partial charge < -0.3 is 9.30 Å². The van der Waals surface area contributed by atoms with Gasteiger partial charge in [0.15, 0.2) is 10.9 Å². The summed E-state index contributed by atoms with van der Waals surface area (Å²) in [5.74, 6) is 0.359. The maximum atomic E-state index is 13.5. The number of Topliss-reactive ketones (excluding diaryl/α,β-unsaturated/α-hetero) is 1. The van der Waals surface area contributed by atoms with Gasteiger partial charge in [-0.2, -0.15) is 0 Å². The van der Waals surface area contributed by atoms with Crippen molar-refractivity contribution in [1.82, 2.24) is 14.5 Å². The molecule has 2 heterocycles. The first-order chi connectivity index (χ1) is 15.5. The summed E-state index contributed by atoms with van der Waals surface area (Å²) in [6.45, 7) is 2.66. The van der Waals surface area contributed by atoms with Crippen LogP contribution >= 0.6 is 22.9 Å². The predicted molar refractivity (Wildman–Crippen MR) is 126 cm³/mol. The first-order valence-corrected chi connectivity index (χ1v) is 11.2. The molecule has 0 spiro atoms. The van der Waals surface area contributed by atoms with E-state index in [9.17, 15) is 9.59 Å². The summed E-state index contributed by atoms with van der Waals surface area (Å²) in [5.41, 5.74) is 1.67. The third-order valence-electron chi connectivity index (χ3n) is 5.04. The fourth-order valence-electron chi connectivity index (χ4n) is 3.34. The average molecular weight is 469 g/mol. The number of methoxy groups -OCH3 is 1. The maximum Gasteiger partial charge on any atom is 0.260 e. The highest BCUT2D eigenvalue weighted by atomic mass is 35.5. The number of carbonyl (C=O) groups excluding carboxylic acids is 2. The number of rotatable bonds is 8. The number of aryl methyl sites for hydroxylation is 1. The Hall–Kier alpha value is -3.23. The molecule has 1 amide bonds. The molecule has 0 aliphatic rings. The number of carbonyl (C=O) groups is 2. The van der Waals surface area contributed by atoms with Crippen LogP contribution in [0.3, 0.4) is 0 Å². The minimum absolute atomic E-state index is 0.0471. The zero-order valence-corrected chi connectivity index (χ0v) is 19.2. The zero-order chi connectivity index (χ0) is 22.7. The van der Waals surface area contributed by atoms with Crippen molar-refractivity contribution in [2.24, 2.45) is 0 Å². The smallest absolute Gasteiger partial charge is 0.260 e. The number of hydrogen-bond donors (Lipinski definition) is 0. The lowest BCUT2D eigenvalue weighted by Gasteiger charge is -2.20. The summed E-state index contributed by atoms with van der Waals surface area (Å²) in [6, 6.07) is 10.2. The Kier molecular flexibility index (Phi) is 6.53. The maximum absolute atomic E-state index is 13.5. The molecule has 0 aliphatic heterocycles. The molecule has 0 saturated carbocycles. The van der Waals surface area contributed by atoms with Crippen molar-refractivity contribution in [3.05, 3.63) is 71.3 Å². The van der Waals surface area contributed by atoms with Crippen LogP contribution in [0, 0.1) is 0 Å². The highest BCUT2D eigenvalue weighted by Gasteiger charge is 2.23. The fraction of sp³-hybridized carbons (Fsp3) is 0.217. The van der Waals surface area contributed by atoms with Crippen LogP contribution in [-0.4, -0.2) is 39.9 Å². The Morgan fingerprint density at radius 3 is 2.56 bits per heavy atom. The number of hydrogen-bond acceptors (Lipinski definition) is 6. The highest BCUT2D eigenvalue weighted by Crippen LogP contribution is 2.39. The molecule has 32 heavy (non-hydrogen) atoms. The van der Waals surface area contributed by atoms with Gasteiger partial charge in [-0.1, -0.05) is 35.1 Å². The second kappa shape index (κ2) is 9.50. The van der Waals surface area contributed by atoms with Gasteiger partial charge in [0.2, 0.25) is 0 Å². The van der Waals surface area contributed by atoms with Gasteiger partial charge in [-0.05, 0) is 37.6 Å². The molecule has 0 atom stereocenters. The number of ether oxygens (including phenoxy) is 1. The van der Waals surface area contributed by atoms with E-state index in [2.05, 4.69) is 4.98 Å². The van der Waals surface area contributed by atoms with Crippen molar-refractivity contribution >= 4 is 50.0 Å². The van der Waals surface area contributed by atoms with Crippen LogP contribution < -0.4 is 9.64 Å². The summed E-state index contributed by atoms with van der Waals surface area (Å²) in [4.78, 5) is 35.5. The quantitative estimate of drug-likeness (QED) is 0.336. The van der Waals surface area contributed by atoms with Gasteiger partial charge in [0.05, 0.1) is 23.2 Å². The third-order valence-corrected chi connectivity index (χ3v) is 6.58. The number of thiazole rings is 1. The molecule has 0 aliphatic carbocycles. The van der Waals surface area contributed by atoms with Crippen LogP contribution in [0.4, 0.5) is 5.13 Å². The van der Waals surface area contributed by atoms with Crippen molar-refractivity contribution < 1.29 is 14.3 Å². The van der Waals surface area contributed by atoms with Gasteiger partial charge in [-0.15, -0.1) is 0 Å². The molecule has 0 fully saturated rings. The van der Waals surface area contributed by atoms with Crippen LogP contribution in [0.25, 0.3) is 10.2 Å². The molecule has 2 aromatic carbocycles. The summed E-state index contributed by atoms with van der Waals surface area (Å²) in [6.07, 6.45) is 6.06. The number of imidazole rings is 1. The topological polar surface area (TPSA) is 77.3 Å². The van der Waals surface area contributed by atoms with Gasteiger partial charge in [-0.25, -0.2) is 9.97 Å². The Balaban J connectivity index is 1.68. The second-order valence-corrected chi connectivity index (χ2v) is 8.55. The van der Waals surface area contributed by atoms with Gasteiger partial charge in [0, 0.05) is 36.6 Å². The van der Waals surface area contributed by atoms with E-state index < -0.39 is 0 Å². The summed E-state index contributed by atoms with van der Waals surface area (Å²) in [5, 5.41) is 1.10. The lowest BCUT2D eigenvalue weighted by atomic mass is 10.1. The molecule has 0 bridgehead atoms. The molecule has 7 nitrogen and oxygen atoms in total. The Morgan fingerprint density at radius 2 is 1.91 bits per heavy atom. The van der Waals surface area contributed by atoms with Gasteiger partial charge in [0.1, 0.15) is 11.3 Å². The molecular weight excluding hydrogens is 448 g/mol. The van der Waals surface area contributed by atoms with Crippen LogP contribution in [0.2, 0.25) is 5.02 Å². The number of nitrogens with zero attached hydrogens (tertiary/aromatic N) is 4. The minimum atomic E-state index is -0.195. The number of amides is 1. The minimum Gasteiger partial charge on any atom is -0.494 e. The van der Waals surface area contributed by atoms with Crippen molar-refractivity contribution in [2.45, 2.75) is 19.9 Å². The van der Waals surface area contributed by atoms with Gasteiger partial charge >= 0.3 is 0 Å². The third kappa shape index (κ3) is 4.51. The molecule has 0 saturated heterocycles. The first-order valence-electron chi connectivity index (χ1n) is 9.99. The normalized spacial score (nSPS) is 11.0. The summed E-state index contributed by atoms with van der Waals surface area (Å²) >= 11 is 7.74. The van der Waals surface area contributed by atoms with Crippen LogP contribution in [0.15, 0.2) is 55.1 Å². The van der Waals surface area contributed by atoms with Crippen molar-refractivity contribution in [3.8, 4) is 5.75 Å². The number of ketones is 1. The number of anilines is 1. The van der Waals surface area contributed by atoms with E-state index in [0.717, 1.165) is 4.70 Å². The van der Waals surface area contributed by atoms with E-state index in [-0.39, 0.29) is 11.7 Å². The predicted octanol–water partition coefficient (Wildman–Crippen LogP) is 5.09. The van der Waals surface area contributed by atoms with E-state index in [1.807, 2.05) is 10.8 Å².